The molecule has 0 unspecified atom stereocenters. The van der Waals surface area contributed by atoms with Gasteiger partial charge in [-0.3, -0.25) is 4.79 Å². The lowest BCUT2D eigenvalue weighted by Crippen LogP contribution is -1.90. The van der Waals surface area contributed by atoms with Gasteiger partial charge in [-0.1, -0.05) is 15.9 Å². The number of aldehydes is 1. The van der Waals surface area contributed by atoms with Crippen LogP contribution in [0.4, 0.5) is 0 Å². The second-order valence-corrected chi connectivity index (χ2v) is 5.14. The molecule has 0 atom stereocenters. The summed E-state index contributed by atoms with van der Waals surface area (Å²) in [5.74, 6) is 0. The maximum Gasteiger partial charge on any atom is 0.150 e. The van der Waals surface area contributed by atoms with Gasteiger partial charge in [-0.05, 0) is 39.0 Å². The third-order valence-electron chi connectivity index (χ3n) is 2.09. The van der Waals surface area contributed by atoms with Gasteiger partial charge in [0, 0.05) is 25.5 Å². The molecule has 0 aliphatic heterocycles. The Kier molecular flexibility index (Phi) is 3.04. The molecule has 2 aromatic rings. The van der Waals surface area contributed by atoms with Crippen LogP contribution in [0.25, 0.3) is 10.1 Å². The summed E-state index contributed by atoms with van der Waals surface area (Å²) in [5.41, 5.74) is 1.77. The number of alkyl halides is 1. The SMILES string of the molecule is O=Cc1cc2sccc2c(Br)c1CBr. The van der Waals surface area contributed by atoms with E-state index in [1.54, 1.807) is 11.3 Å². The summed E-state index contributed by atoms with van der Waals surface area (Å²) in [5, 5.41) is 3.89. The molecule has 1 aromatic carbocycles. The number of rotatable bonds is 2. The standard InChI is InChI=1S/C10H6Br2OS/c11-4-8-6(5-13)3-9-7(10(8)12)1-2-14-9/h1-3,5H,4H2. The minimum absolute atomic E-state index is 0.688. The molecular weight excluding hydrogens is 328 g/mol. The number of halogens is 2. The summed E-state index contributed by atoms with van der Waals surface area (Å²) >= 11 is 8.57. The van der Waals surface area contributed by atoms with E-state index in [0.29, 0.717) is 5.33 Å². The second-order valence-electron chi connectivity index (χ2n) is 2.84. The fraction of sp³-hybridized carbons (Fsp3) is 0.100. The van der Waals surface area contributed by atoms with Crippen molar-refractivity contribution >= 4 is 59.6 Å². The van der Waals surface area contributed by atoms with Gasteiger partial charge in [-0.25, -0.2) is 0 Å². The zero-order valence-corrected chi connectivity index (χ0v) is 11.1. The summed E-state index contributed by atoms with van der Waals surface area (Å²) in [6.45, 7) is 0. The van der Waals surface area contributed by atoms with E-state index in [0.717, 1.165) is 26.6 Å². The van der Waals surface area contributed by atoms with Gasteiger partial charge in [-0.2, -0.15) is 0 Å². The van der Waals surface area contributed by atoms with Crippen LogP contribution in [0.15, 0.2) is 22.0 Å². The Bertz CT molecular complexity index is 490. The maximum absolute atomic E-state index is 10.9. The first kappa shape index (κ1) is 10.3. The molecule has 0 spiro atoms. The van der Waals surface area contributed by atoms with E-state index in [-0.39, 0.29) is 0 Å². The fourth-order valence-corrected chi connectivity index (χ4v) is 4.04. The van der Waals surface area contributed by atoms with Crippen LogP contribution < -0.4 is 0 Å². The number of thiophene rings is 1. The highest BCUT2D eigenvalue weighted by Gasteiger charge is 2.10. The van der Waals surface area contributed by atoms with Crippen LogP contribution in [-0.2, 0) is 5.33 Å². The molecule has 1 heterocycles. The lowest BCUT2D eigenvalue weighted by Gasteiger charge is -2.05. The van der Waals surface area contributed by atoms with E-state index in [1.165, 1.54) is 5.39 Å². The summed E-state index contributed by atoms with van der Waals surface area (Å²) in [7, 11) is 0. The molecule has 0 fully saturated rings. The average molecular weight is 334 g/mol. The highest BCUT2D eigenvalue weighted by Crippen LogP contribution is 2.34. The molecule has 2 rings (SSSR count). The maximum atomic E-state index is 10.9. The van der Waals surface area contributed by atoms with E-state index in [1.807, 2.05) is 11.4 Å². The van der Waals surface area contributed by atoms with Crippen molar-refractivity contribution in [1.82, 2.24) is 0 Å². The van der Waals surface area contributed by atoms with Crippen molar-refractivity contribution in [2.24, 2.45) is 0 Å². The third-order valence-corrected chi connectivity index (χ3v) is 4.42. The Morgan fingerprint density at radius 3 is 2.93 bits per heavy atom. The van der Waals surface area contributed by atoms with Gasteiger partial charge in [0.2, 0.25) is 0 Å². The van der Waals surface area contributed by atoms with Crippen molar-refractivity contribution < 1.29 is 4.79 Å². The molecular formula is C10H6Br2OS. The molecule has 0 saturated carbocycles. The molecule has 14 heavy (non-hydrogen) atoms. The van der Waals surface area contributed by atoms with Crippen molar-refractivity contribution in [3.63, 3.8) is 0 Å². The minimum atomic E-state index is 0.688. The molecule has 0 amide bonds. The highest BCUT2D eigenvalue weighted by atomic mass is 79.9. The first-order valence-electron chi connectivity index (χ1n) is 3.97. The first-order valence-corrected chi connectivity index (χ1v) is 6.77. The smallest absolute Gasteiger partial charge is 0.150 e. The summed E-state index contributed by atoms with van der Waals surface area (Å²) in [6.07, 6.45) is 0.903. The second kappa shape index (κ2) is 4.13. The number of carbonyl (C=O) groups is 1. The molecule has 0 aliphatic carbocycles. The molecule has 0 N–H and O–H groups in total. The van der Waals surface area contributed by atoms with Gasteiger partial charge in [0.1, 0.15) is 6.29 Å². The number of benzene rings is 1. The fourth-order valence-electron chi connectivity index (χ4n) is 1.37. The van der Waals surface area contributed by atoms with E-state index < -0.39 is 0 Å². The average Bonchev–Trinajstić information content (AvgIpc) is 2.65. The Morgan fingerprint density at radius 2 is 2.29 bits per heavy atom. The van der Waals surface area contributed by atoms with Crippen molar-refractivity contribution in [3.8, 4) is 0 Å². The quantitative estimate of drug-likeness (QED) is 0.589. The largest absolute Gasteiger partial charge is 0.298 e. The van der Waals surface area contributed by atoms with Crippen molar-refractivity contribution in [3.05, 3.63) is 33.1 Å². The highest BCUT2D eigenvalue weighted by molar-refractivity contribution is 9.11. The van der Waals surface area contributed by atoms with Crippen LogP contribution in [-0.4, -0.2) is 6.29 Å². The molecule has 1 nitrogen and oxygen atoms in total. The molecule has 72 valence electrons. The molecule has 1 aromatic heterocycles. The van der Waals surface area contributed by atoms with Crippen LogP contribution in [0.1, 0.15) is 15.9 Å². The van der Waals surface area contributed by atoms with Crippen LogP contribution in [0.2, 0.25) is 0 Å². The van der Waals surface area contributed by atoms with Crippen molar-refractivity contribution in [2.75, 3.05) is 0 Å². The topological polar surface area (TPSA) is 17.1 Å². The van der Waals surface area contributed by atoms with Gasteiger partial charge in [0.25, 0.3) is 0 Å². The van der Waals surface area contributed by atoms with E-state index >= 15 is 0 Å². The molecule has 0 bridgehead atoms. The van der Waals surface area contributed by atoms with Gasteiger partial charge >= 0.3 is 0 Å². The van der Waals surface area contributed by atoms with Gasteiger partial charge < -0.3 is 0 Å². The molecule has 0 saturated heterocycles. The zero-order chi connectivity index (χ0) is 10.1. The molecule has 0 aliphatic rings. The van der Waals surface area contributed by atoms with E-state index in [4.69, 9.17) is 0 Å². The Labute approximate surface area is 102 Å². The lowest BCUT2D eigenvalue weighted by molar-refractivity contribution is 0.112. The number of hydrogen-bond acceptors (Lipinski definition) is 2. The van der Waals surface area contributed by atoms with Crippen LogP contribution >= 0.6 is 43.2 Å². The van der Waals surface area contributed by atoms with Gasteiger partial charge in [-0.15, -0.1) is 11.3 Å². The summed E-state index contributed by atoms with van der Waals surface area (Å²) in [4.78, 5) is 10.9. The normalized spacial score (nSPS) is 10.7. The predicted molar refractivity (Wildman–Crippen MR) is 67.5 cm³/mol. The minimum Gasteiger partial charge on any atom is -0.298 e. The Balaban J connectivity index is 2.85. The van der Waals surface area contributed by atoms with Gasteiger partial charge in [0.05, 0.1) is 0 Å². The summed E-state index contributed by atoms with van der Waals surface area (Å²) < 4.78 is 2.17. The monoisotopic (exact) mass is 332 g/mol. The van der Waals surface area contributed by atoms with Crippen molar-refractivity contribution in [1.29, 1.82) is 0 Å². The van der Waals surface area contributed by atoms with Crippen LogP contribution in [0.5, 0.6) is 0 Å². The van der Waals surface area contributed by atoms with Gasteiger partial charge in [0.15, 0.2) is 0 Å². The number of carbonyl (C=O) groups excluding carboxylic acids is 1. The zero-order valence-electron chi connectivity index (χ0n) is 7.09. The van der Waals surface area contributed by atoms with E-state index in [2.05, 4.69) is 37.9 Å². The number of fused-ring (bicyclic) bond motifs is 1. The van der Waals surface area contributed by atoms with E-state index in [9.17, 15) is 4.79 Å². The lowest BCUT2D eigenvalue weighted by atomic mass is 10.1. The molecule has 0 radical (unpaired) electrons. The predicted octanol–water partition coefficient (Wildman–Crippen LogP) is 4.37. The summed E-state index contributed by atoms with van der Waals surface area (Å²) in [6, 6.07) is 4.00. The molecule has 4 heteroatoms. The van der Waals surface area contributed by atoms with Crippen molar-refractivity contribution in [2.45, 2.75) is 5.33 Å². The third kappa shape index (κ3) is 1.55. The van der Waals surface area contributed by atoms with Crippen LogP contribution in [0.3, 0.4) is 0 Å². The Hall–Kier alpha value is -0.190. The van der Waals surface area contributed by atoms with Crippen LogP contribution in [0, 0.1) is 0 Å². The first-order chi connectivity index (χ1) is 6.77. The number of hydrogen-bond donors (Lipinski definition) is 0. The Morgan fingerprint density at radius 1 is 1.50 bits per heavy atom.